The highest BCUT2D eigenvalue weighted by molar-refractivity contribution is 5.13. The molecule has 0 bridgehead atoms. The Labute approximate surface area is 160 Å². The first kappa shape index (κ1) is 22.4. The summed E-state index contributed by atoms with van der Waals surface area (Å²) in [6, 6.07) is 10.2. The fraction of sp³-hybridized carbons (Fsp3) is 0.500. The Morgan fingerprint density at radius 2 is 1.38 bits per heavy atom. The SMILES string of the molecule is CC(C)=CCCC(C)=CCCC(C)=CCCOCOCc1ccccc1. The summed E-state index contributed by atoms with van der Waals surface area (Å²) in [6.07, 6.45) is 12.5. The Balaban J connectivity index is 2.04. The van der Waals surface area contributed by atoms with Gasteiger partial charge in [-0.15, -0.1) is 0 Å². The molecule has 0 radical (unpaired) electrons. The van der Waals surface area contributed by atoms with Gasteiger partial charge in [0.1, 0.15) is 6.79 Å². The van der Waals surface area contributed by atoms with Crippen molar-refractivity contribution in [1.82, 2.24) is 0 Å². The maximum Gasteiger partial charge on any atom is 0.147 e. The fourth-order valence-electron chi connectivity index (χ4n) is 2.58. The second-order valence-corrected chi connectivity index (χ2v) is 7.11. The largest absolute Gasteiger partial charge is 0.355 e. The molecule has 144 valence electrons. The zero-order valence-electron chi connectivity index (χ0n) is 17.1. The van der Waals surface area contributed by atoms with Crippen molar-refractivity contribution in [3.05, 3.63) is 70.8 Å². The van der Waals surface area contributed by atoms with Gasteiger partial charge in [0.15, 0.2) is 0 Å². The first-order chi connectivity index (χ1) is 12.6. The van der Waals surface area contributed by atoms with Gasteiger partial charge in [0.25, 0.3) is 0 Å². The van der Waals surface area contributed by atoms with Crippen molar-refractivity contribution in [2.45, 2.75) is 66.4 Å². The van der Waals surface area contributed by atoms with Crippen molar-refractivity contribution in [3.8, 4) is 0 Å². The van der Waals surface area contributed by atoms with Crippen molar-refractivity contribution in [1.29, 1.82) is 0 Å². The second kappa shape index (κ2) is 14.5. The van der Waals surface area contributed by atoms with Crippen LogP contribution in [0.4, 0.5) is 0 Å². The van der Waals surface area contributed by atoms with Gasteiger partial charge in [-0.1, -0.05) is 65.3 Å². The van der Waals surface area contributed by atoms with Gasteiger partial charge in [-0.25, -0.2) is 0 Å². The first-order valence-corrected chi connectivity index (χ1v) is 9.72. The van der Waals surface area contributed by atoms with Gasteiger partial charge in [-0.2, -0.15) is 0 Å². The zero-order chi connectivity index (χ0) is 19.0. The maximum absolute atomic E-state index is 5.53. The van der Waals surface area contributed by atoms with Crippen LogP contribution in [-0.4, -0.2) is 13.4 Å². The predicted molar refractivity (Wildman–Crippen MR) is 112 cm³/mol. The third-order valence-electron chi connectivity index (χ3n) is 4.16. The lowest BCUT2D eigenvalue weighted by Gasteiger charge is -2.05. The minimum atomic E-state index is 0.357. The van der Waals surface area contributed by atoms with Crippen molar-refractivity contribution in [3.63, 3.8) is 0 Å². The number of hydrogen-bond donors (Lipinski definition) is 0. The van der Waals surface area contributed by atoms with Crippen LogP contribution in [0.25, 0.3) is 0 Å². The van der Waals surface area contributed by atoms with E-state index in [1.807, 2.05) is 18.2 Å². The summed E-state index contributed by atoms with van der Waals surface area (Å²) in [5.41, 5.74) is 5.52. The molecule has 0 aliphatic rings. The Kier molecular flexibility index (Phi) is 12.5. The molecule has 0 aliphatic carbocycles. The van der Waals surface area contributed by atoms with Crippen LogP contribution in [0.2, 0.25) is 0 Å². The summed E-state index contributed by atoms with van der Waals surface area (Å²) in [4.78, 5) is 0. The van der Waals surface area contributed by atoms with Crippen LogP contribution in [0.5, 0.6) is 0 Å². The van der Waals surface area contributed by atoms with E-state index in [1.165, 1.54) is 28.7 Å². The number of benzene rings is 1. The normalized spacial score (nSPS) is 12.3. The van der Waals surface area contributed by atoms with Gasteiger partial charge in [0, 0.05) is 0 Å². The van der Waals surface area contributed by atoms with E-state index < -0.39 is 0 Å². The Hall–Kier alpha value is -1.64. The lowest BCUT2D eigenvalue weighted by atomic mass is 10.1. The average molecular weight is 357 g/mol. The highest BCUT2D eigenvalue weighted by Gasteiger charge is 1.94. The van der Waals surface area contributed by atoms with Gasteiger partial charge in [0.05, 0.1) is 13.2 Å². The lowest BCUT2D eigenvalue weighted by Crippen LogP contribution is -2.01. The van der Waals surface area contributed by atoms with Crippen LogP contribution in [0.15, 0.2) is 65.3 Å². The van der Waals surface area contributed by atoms with E-state index in [0.29, 0.717) is 20.0 Å². The molecule has 0 saturated carbocycles. The van der Waals surface area contributed by atoms with Crippen LogP contribution >= 0.6 is 0 Å². The molecule has 0 aliphatic heterocycles. The Morgan fingerprint density at radius 1 is 0.769 bits per heavy atom. The van der Waals surface area contributed by atoms with Crippen molar-refractivity contribution in [2.75, 3.05) is 13.4 Å². The Bertz CT molecular complexity index is 563. The van der Waals surface area contributed by atoms with E-state index >= 15 is 0 Å². The summed E-state index contributed by atoms with van der Waals surface area (Å²) in [6.45, 7) is 10.4. The van der Waals surface area contributed by atoms with Crippen LogP contribution in [0, 0.1) is 0 Å². The quantitative estimate of drug-likeness (QED) is 0.215. The second-order valence-electron chi connectivity index (χ2n) is 7.11. The van der Waals surface area contributed by atoms with Crippen LogP contribution in [0.1, 0.15) is 65.4 Å². The maximum atomic E-state index is 5.53. The summed E-state index contributed by atoms with van der Waals surface area (Å²) in [5.74, 6) is 0. The molecule has 0 amide bonds. The first-order valence-electron chi connectivity index (χ1n) is 9.72. The average Bonchev–Trinajstić information content (AvgIpc) is 2.61. The molecule has 1 rings (SSSR count). The van der Waals surface area contributed by atoms with E-state index in [9.17, 15) is 0 Å². The molecule has 0 aromatic heterocycles. The summed E-state index contributed by atoms with van der Waals surface area (Å²) >= 11 is 0. The molecule has 2 heteroatoms. The smallest absolute Gasteiger partial charge is 0.147 e. The summed E-state index contributed by atoms with van der Waals surface area (Å²) < 4.78 is 11.0. The fourth-order valence-corrected chi connectivity index (χ4v) is 2.58. The molecule has 0 saturated heterocycles. The van der Waals surface area contributed by atoms with E-state index in [-0.39, 0.29) is 0 Å². The highest BCUT2D eigenvalue weighted by Crippen LogP contribution is 2.11. The van der Waals surface area contributed by atoms with Gasteiger partial charge in [-0.3, -0.25) is 0 Å². The van der Waals surface area contributed by atoms with Gasteiger partial charge in [0.2, 0.25) is 0 Å². The molecule has 1 aromatic carbocycles. The van der Waals surface area contributed by atoms with E-state index in [4.69, 9.17) is 9.47 Å². The number of hydrogen-bond acceptors (Lipinski definition) is 2. The van der Waals surface area contributed by atoms with Crippen molar-refractivity contribution < 1.29 is 9.47 Å². The molecular formula is C24H36O2. The summed E-state index contributed by atoms with van der Waals surface area (Å²) in [5, 5.41) is 0. The molecule has 1 aromatic rings. The minimum absolute atomic E-state index is 0.357. The third kappa shape index (κ3) is 12.7. The van der Waals surface area contributed by atoms with Gasteiger partial charge in [-0.05, 0) is 65.4 Å². The standard InChI is InChI=1S/C24H36O2/c1-21(2)11-8-12-22(3)13-9-14-23(4)15-10-18-25-20-26-19-24-16-6-5-7-17-24/h5-7,11,13,15-17H,8-10,12,14,18-20H2,1-4H3. The summed E-state index contributed by atoms with van der Waals surface area (Å²) in [7, 11) is 0. The minimum Gasteiger partial charge on any atom is -0.355 e. The van der Waals surface area contributed by atoms with E-state index in [0.717, 1.165) is 25.7 Å². The van der Waals surface area contributed by atoms with Crippen LogP contribution < -0.4 is 0 Å². The van der Waals surface area contributed by atoms with Crippen LogP contribution in [0.3, 0.4) is 0 Å². The lowest BCUT2D eigenvalue weighted by molar-refractivity contribution is -0.0600. The molecule has 0 atom stereocenters. The molecule has 0 heterocycles. The number of allylic oxidation sites excluding steroid dienone is 5. The van der Waals surface area contributed by atoms with Crippen molar-refractivity contribution >= 4 is 0 Å². The third-order valence-corrected chi connectivity index (χ3v) is 4.16. The zero-order valence-corrected chi connectivity index (χ0v) is 17.1. The van der Waals surface area contributed by atoms with Crippen molar-refractivity contribution in [2.24, 2.45) is 0 Å². The van der Waals surface area contributed by atoms with Gasteiger partial charge >= 0.3 is 0 Å². The topological polar surface area (TPSA) is 18.5 Å². The highest BCUT2D eigenvalue weighted by atomic mass is 16.7. The monoisotopic (exact) mass is 356 g/mol. The molecule has 26 heavy (non-hydrogen) atoms. The van der Waals surface area contributed by atoms with E-state index in [1.54, 1.807) is 0 Å². The number of ether oxygens (including phenoxy) is 2. The molecule has 0 unspecified atom stereocenters. The molecule has 2 nitrogen and oxygen atoms in total. The molecular weight excluding hydrogens is 320 g/mol. The molecule has 0 fully saturated rings. The van der Waals surface area contributed by atoms with E-state index in [2.05, 4.69) is 58.1 Å². The molecule has 0 spiro atoms. The molecule has 0 N–H and O–H groups in total. The Morgan fingerprint density at radius 3 is 2.04 bits per heavy atom. The number of rotatable bonds is 13. The van der Waals surface area contributed by atoms with Crippen LogP contribution in [-0.2, 0) is 16.1 Å². The predicted octanol–water partition coefficient (Wildman–Crippen LogP) is 6.99. The van der Waals surface area contributed by atoms with Gasteiger partial charge < -0.3 is 9.47 Å².